The molecule has 5 heteroatoms. The van der Waals surface area contributed by atoms with Crippen LogP contribution < -0.4 is 4.74 Å². The van der Waals surface area contributed by atoms with Crippen LogP contribution in [-0.4, -0.2) is 36.2 Å². The smallest absolute Gasteiger partial charge is 0.417 e. The maximum atomic E-state index is 12.8. The molecular formula is C19H27NO4. The van der Waals surface area contributed by atoms with E-state index in [1.54, 1.807) is 7.11 Å². The third kappa shape index (κ3) is 4.98. The molecule has 1 aliphatic heterocycles. The monoisotopic (exact) mass is 333 g/mol. The second-order valence-corrected chi connectivity index (χ2v) is 7.22. The van der Waals surface area contributed by atoms with Gasteiger partial charge in [0, 0.05) is 12.5 Å². The summed E-state index contributed by atoms with van der Waals surface area (Å²) in [4.78, 5) is 26.4. The van der Waals surface area contributed by atoms with E-state index < -0.39 is 11.7 Å². The van der Waals surface area contributed by atoms with Crippen LogP contribution in [0.1, 0.15) is 45.6 Å². The number of benzene rings is 1. The van der Waals surface area contributed by atoms with Crippen molar-refractivity contribution in [3.05, 3.63) is 29.8 Å². The van der Waals surface area contributed by atoms with Crippen molar-refractivity contribution >= 4 is 12.0 Å². The van der Waals surface area contributed by atoms with Gasteiger partial charge in [0.05, 0.1) is 7.11 Å². The lowest BCUT2D eigenvalue weighted by Crippen LogP contribution is -2.43. The Morgan fingerprint density at radius 3 is 2.46 bits per heavy atom. The van der Waals surface area contributed by atoms with Crippen molar-refractivity contribution in [3.8, 4) is 5.75 Å². The summed E-state index contributed by atoms with van der Waals surface area (Å²) in [5.41, 5.74) is 0.468. The molecule has 24 heavy (non-hydrogen) atoms. The van der Waals surface area contributed by atoms with Crippen molar-refractivity contribution in [1.82, 2.24) is 4.90 Å². The molecule has 2 amide bonds. The van der Waals surface area contributed by atoms with E-state index in [0.29, 0.717) is 13.0 Å². The van der Waals surface area contributed by atoms with Gasteiger partial charge in [-0.1, -0.05) is 18.6 Å². The number of hydrogen-bond acceptors (Lipinski definition) is 4. The molecule has 1 atom stereocenters. The van der Waals surface area contributed by atoms with Crippen molar-refractivity contribution in [2.45, 2.75) is 52.1 Å². The summed E-state index contributed by atoms with van der Waals surface area (Å²) in [6, 6.07) is 7.72. The van der Waals surface area contributed by atoms with Gasteiger partial charge in [-0.3, -0.25) is 4.79 Å². The number of amides is 2. The zero-order valence-corrected chi connectivity index (χ0v) is 15.0. The molecule has 1 heterocycles. The molecule has 2 rings (SSSR count). The van der Waals surface area contributed by atoms with Gasteiger partial charge in [-0.05, 0) is 57.7 Å². The molecule has 132 valence electrons. The maximum absolute atomic E-state index is 12.8. The molecule has 0 spiro atoms. The molecule has 0 saturated carbocycles. The topological polar surface area (TPSA) is 55.8 Å². The van der Waals surface area contributed by atoms with Gasteiger partial charge in [0.2, 0.25) is 5.91 Å². The van der Waals surface area contributed by atoms with Crippen molar-refractivity contribution in [2.24, 2.45) is 5.92 Å². The van der Waals surface area contributed by atoms with E-state index in [-0.39, 0.29) is 11.8 Å². The lowest BCUT2D eigenvalue weighted by atomic mass is 9.94. The van der Waals surface area contributed by atoms with Crippen molar-refractivity contribution in [2.75, 3.05) is 13.7 Å². The Bertz CT molecular complexity index is 574. The first-order valence-corrected chi connectivity index (χ1v) is 8.47. The highest BCUT2D eigenvalue weighted by molar-refractivity contribution is 5.93. The third-order valence-electron chi connectivity index (χ3n) is 4.05. The summed E-state index contributed by atoms with van der Waals surface area (Å²) in [7, 11) is 1.63. The fourth-order valence-electron chi connectivity index (χ4n) is 2.85. The summed E-state index contributed by atoms with van der Waals surface area (Å²) >= 11 is 0. The van der Waals surface area contributed by atoms with Crippen molar-refractivity contribution in [1.29, 1.82) is 0 Å². The van der Waals surface area contributed by atoms with Gasteiger partial charge in [0.15, 0.2) is 0 Å². The van der Waals surface area contributed by atoms with Crippen molar-refractivity contribution in [3.63, 3.8) is 0 Å². The Labute approximate surface area is 143 Å². The highest BCUT2D eigenvalue weighted by atomic mass is 16.6. The number of likely N-dealkylation sites (tertiary alicyclic amines) is 1. The fraction of sp³-hybridized carbons (Fsp3) is 0.579. The maximum Gasteiger partial charge on any atom is 0.417 e. The van der Waals surface area contributed by atoms with Crippen LogP contribution in [0.5, 0.6) is 5.75 Å². The molecule has 0 radical (unpaired) electrons. The molecule has 1 aromatic rings. The molecule has 1 fully saturated rings. The molecule has 0 bridgehead atoms. The van der Waals surface area contributed by atoms with E-state index in [0.717, 1.165) is 30.6 Å². The molecule has 0 aliphatic carbocycles. The van der Waals surface area contributed by atoms with Gasteiger partial charge in [0.1, 0.15) is 11.4 Å². The summed E-state index contributed by atoms with van der Waals surface area (Å²) in [6.45, 7) is 5.86. The Balaban J connectivity index is 2.08. The van der Waals surface area contributed by atoms with Gasteiger partial charge in [0.25, 0.3) is 0 Å². The molecule has 1 unspecified atom stereocenters. The molecule has 1 aliphatic rings. The number of ether oxygens (including phenoxy) is 2. The summed E-state index contributed by atoms with van der Waals surface area (Å²) in [5.74, 6) is 0.479. The second-order valence-electron chi connectivity index (χ2n) is 7.22. The Morgan fingerprint density at radius 1 is 1.21 bits per heavy atom. The predicted molar refractivity (Wildman–Crippen MR) is 92.0 cm³/mol. The zero-order chi connectivity index (χ0) is 17.7. The van der Waals surface area contributed by atoms with Gasteiger partial charge >= 0.3 is 6.09 Å². The quantitative estimate of drug-likeness (QED) is 0.844. The molecule has 1 saturated heterocycles. The van der Waals surface area contributed by atoms with Crippen LogP contribution in [0, 0.1) is 5.92 Å². The Kier molecular flexibility index (Phi) is 5.86. The first-order chi connectivity index (χ1) is 11.3. The standard InChI is InChI=1S/C19H27NO4/c1-19(2,3)24-18(22)20-12-6-5-7-15(17(20)21)13-14-8-10-16(23-4)11-9-14/h8-11,15H,5-7,12-13H2,1-4H3. The molecule has 5 nitrogen and oxygen atoms in total. The van der Waals surface area contributed by atoms with Crippen LogP contribution in [-0.2, 0) is 16.0 Å². The lowest BCUT2D eigenvalue weighted by molar-refractivity contribution is -0.134. The van der Waals surface area contributed by atoms with E-state index in [9.17, 15) is 9.59 Å². The Morgan fingerprint density at radius 2 is 1.88 bits per heavy atom. The van der Waals surface area contributed by atoms with E-state index in [1.165, 1.54) is 4.90 Å². The highest BCUT2D eigenvalue weighted by Gasteiger charge is 2.33. The minimum Gasteiger partial charge on any atom is -0.497 e. The van der Waals surface area contributed by atoms with Crippen LogP contribution in [0.25, 0.3) is 0 Å². The van der Waals surface area contributed by atoms with Crippen molar-refractivity contribution < 1.29 is 19.1 Å². The number of nitrogens with zero attached hydrogens (tertiary/aromatic N) is 1. The zero-order valence-electron chi connectivity index (χ0n) is 15.0. The van der Waals surface area contributed by atoms with Crippen LogP contribution in [0.15, 0.2) is 24.3 Å². The number of rotatable bonds is 3. The number of hydrogen-bond donors (Lipinski definition) is 0. The molecular weight excluding hydrogens is 306 g/mol. The van der Waals surface area contributed by atoms with Gasteiger partial charge < -0.3 is 9.47 Å². The number of carbonyl (C=O) groups excluding carboxylic acids is 2. The average Bonchev–Trinajstić information content (AvgIpc) is 2.69. The van der Waals surface area contributed by atoms with Crippen LogP contribution in [0.4, 0.5) is 4.79 Å². The SMILES string of the molecule is COc1ccc(CC2CCCCN(C(=O)OC(C)(C)C)C2=O)cc1. The largest absolute Gasteiger partial charge is 0.497 e. The van der Waals surface area contributed by atoms with E-state index in [4.69, 9.17) is 9.47 Å². The van der Waals surface area contributed by atoms with E-state index in [1.807, 2.05) is 45.0 Å². The summed E-state index contributed by atoms with van der Waals surface area (Å²) in [5, 5.41) is 0. The Hall–Kier alpha value is -2.04. The molecule has 0 N–H and O–H groups in total. The van der Waals surface area contributed by atoms with Gasteiger partial charge in [-0.2, -0.15) is 0 Å². The van der Waals surface area contributed by atoms with E-state index >= 15 is 0 Å². The average molecular weight is 333 g/mol. The molecule has 0 aromatic heterocycles. The minimum atomic E-state index is -0.602. The van der Waals surface area contributed by atoms with E-state index in [2.05, 4.69) is 0 Å². The fourth-order valence-corrected chi connectivity index (χ4v) is 2.85. The third-order valence-corrected chi connectivity index (χ3v) is 4.05. The van der Waals surface area contributed by atoms with Gasteiger partial charge in [-0.15, -0.1) is 0 Å². The van der Waals surface area contributed by atoms with Crippen LogP contribution in [0.3, 0.4) is 0 Å². The highest BCUT2D eigenvalue weighted by Crippen LogP contribution is 2.24. The number of carbonyl (C=O) groups is 2. The molecule has 1 aromatic carbocycles. The number of imide groups is 1. The summed E-state index contributed by atoms with van der Waals surface area (Å²) < 4.78 is 10.5. The predicted octanol–water partition coefficient (Wildman–Crippen LogP) is 3.80. The second kappa shape index (κ2) is 7.69. The first kappa shape index (κ1) is 18.3. The lowest BCUT2D eigenvalue weighted by Gasteiger charge is -2.27. The number of methoxy groups -OCH3 is 1. The minimum absolute atomic E-state index is 0.127. The normalized spacial score (nSPS) is 18.9. The van der Waals surface area contributed by atoms with Crippen LogP contribution >= 0.6 is 0 Å². The summed E-state index contributed by atoms with van der Waals surface area (Å²) in [6.07, 6.45) is 2.65. The van der Waals surface area contributed by atoms with Gasteiger partial charge in [-0.25, -0.2) is 9.69 Å². The first-order valence-electron chi connectivity index (χ1n) is 8.47. The van der Waals surface area contributed by atoms with Crippen LogP contribution in [0.2, 0.25) is 0 Å².